The van der Waals surface area contributed by atoms with Gasteiger partial charge in [-0.25, -0.2) is 0 Å². The molecule has 0 aliphatic carbocycles. The predicted octanol–water partition coefficient (Wildman–Crippen LogP) is 3.30. The fourth-order valence-corrected chi connectivity index (χ4v) is 2.58. The van der Waals surface area contributed by atoms with E-state index in [4.69, 9.17) is 0 Å². The van der Waals surface area contributed by atoms with Crippen molar-refractivity contribution in [1.82, 2.24) is 15.1 Å². The zero-order valence-corrected chi connectivity index (χ0v) is 13.5. The summed E-state index contributed by atoms with van der Waals surface area (Å²) in [5, 5.41) is 7.80. The summed E-state index contributed by atoms with van der Waals surface area (Å²) in [4.78, 5) is 0. The highest BCUT2D eigenvalue weighted by Gasteiger charge is 2.13. The third-order valence-electron chi connectivity index (χ3n) is 3.44. The van der Waals surface area contributed by atoms with Crippen molar-refractivity contribution in [2.45, 2.75) is 26.3 Å². The summed E-state index contributed by atoms with van der Waals surface area (Å²) in [6.07, 6.45) is 0.939. The molecule has 0 aliphatic rings. The Bertz CT molecular complexity index is 575. The molecular formula is C15H20BrN3. The van der Waals surface area contributed by atoms with E-state index in [2.05, 4.69) is 57.5 Å². The van der Waals surface area contributed by atoms with Crippen LogP contribution in [-0.4, -0.2) is 16.8 Å². The normalized spacial score (nSPS) is 12.7. The molecule has 0 bridgehead atoms. The van der Waals surface area contributed by atoms with Crippen LogP contribution < -0.4 is 5.32 Å². The van der Waals surface area contributed by atoms with Crippen molar-refractivity contribution in [3.05, 3.63) is 51.3 Å². The molecule has 1 aromatic heterocycles. The number of aryl methyl sites for hydroxylation is 3. The highest BCUT2D eigenvalue weighted by molar-refractivity contribution is 9.10. The third-order valence-corrected chi connectivity index (χ3v) is 4.33. The maximum atomic E-state index is 4.41. The van der Waals surface area contributed by atoms with E-state index < -0.39 is 0 Å². The summed E-state index contributed by atoms with van der Waals surface area (Å²) < 4.78 is 3.12. The van der Waals surface area contributed by atoms with Gasteiger partial charge in [0, 0.05) is 29.7 Å². The van der Waals surface area contributed by atoms with Gasteiger partial charge < -0.3 is 5.32 Å². The SMILES string of the molecule is CNC(Cc1cc(C)nn1C)c1ccc(Br)c(C)c1. The molecule has 0 radical (unpaired) electrons. The lowest BCUT2D eigenvalue weighted by atomic mass is 10.0. The number of hydrogen-bond acceptors (Lipinski definition) is 2. The first-order valence-electron chi connectivity index (χ1n) is 6.44. The zero-order chi connectivity index (χ0) is 14.0. The molecule has 0 spiro atoms. The van der Waals surface area contributed by atoms with Gasteiger partial charge in [0.2, 0.25) is 0 Å². The minimum Gasteiger partial charge on any atom is -0.313 e. The molecule has 0 saturated carbocycles. The molecule has 1 atom stereocenters. The molecule has 19 heavy (non-hydrogen) atoms. The highest BCUT2D eigenvalue weighted by Crippen LogP contribution is 2.23. The van der Waals surface area contributed by atoms with Crippen molar-refractivity contribution < 1.29 is 0 Å². The van der Waals surface area contributed by atoms with Gasteiger partial charge >= 0.3 is 0 Å². The Hall–Kier alpha value is -1.13. The first-order chi connectivity index (χ1) is 9.01. The van der Waals surface area contributed by atoms with Gasteiger partial charge in [-0.1, -0.05) is 28.1 Å². The van der Waals surface area contributed by atoms with Crippen molar-refractivity contribution in [1.29, 1.82) is 0 Å². The fraction of sp³-hybridized carbons (Fsp3) is 0.400. The maximum absolute atomic E-state index is 4.41. The molecule has 2 rings (SSSR count). The number of rotatable bonds is 4. The van der Waals surface area contributed by atoms with Crippen LogP contribution in [-0.2, 0) is 13.5 Å². The van der Waals surface area contributed by atoms with Gasteiger partial charge in [-0.15, -0.1) is 0 Å². The van der Waals surface area contributed by atoms with Crippen LogP contribution in [0.1, 0.15) is 28.6 Å². The Morgan fingerprint density at radius 2 is 2.05 bits per heavy atom. The molecule has 0 aliphatic heterocycles. The average molecular weight is 322 g/mol. The van der Waals surface area contributed by atoms with E-state index in [1.807, 2.05) is 25.7 Å². The number of benzene rings is 1. The second-order valence-corrected chi connectivity index (χ2v) is 5.81. The molecule has 1 aromatic carbocycles. The summed E-state index contributed by atoms with van der Waals surface area (Å²) in [7, 11) is 4.01. The highest BCUT2D eigenvalue weighted by atomic mass is 79.9. The summed E-state index contributed by atoms with van der Waals surface area (Å²) in [6.45, 7) is 4.15. The topological polar surface area (TPSA) is 29.9 Å². The first kappa shape index (κ1) is 14.3. The van der Waals surface area contributed by atoms with Gasteiger partial charge in [-0.3, -0.25) is 4.68 Å². The van der Waals surface area contributed by atoms with E-state index in [1.54, 1.807) is 0 Å². The second kappa shape index (κ2) is 5.88. The van der Waals surface area contributed by atoms with E-state index in [0.717, 1.165) is 16.6 Å². The molecular weight excluding hydrogens is 302 g/mol. The van der Waals surface area contributed by atoms with Gasteiger partial charge in [-0.2, -0.15) is 5.10 Å². The number of halogens is 1. The molecule has 1 N–H and O–H groups in total. The van der Waals surface area contributed by atoms with Crippen molar-refractivity contribution in [3.63, 3.8) is 0 Å². The molecule has 1 unspecified atom stereocenters. The fourth-order valence-electron chi connectivity index (χ4n) is 2.34. The number of nitrogens with one attached hydrogen (secondary N) is 1. The van der Waals surface area contributed by atoms with Crippen LogP contribution >= 0.6 is 15.9 Å². The average Bonchev–Trinajstić information content (AvgIpc) is 2.68. The number of likely N-dealkylation sites (N-methyl/N-ethyl adjacent to an activating group) is 1. The summed E-state index contributed by atoms with van der Waals surface area (Å²) >= 11 is 3.55. The second-order valence-electron chi connectivity index (χ2n) is 4.95. The van der Waals surface area contributed by atoms with Gasteiger partial charge in [0.1, 0.15) is 0 Å². The van der Waals surface area contributed by atoms with E-state index in [0.29, 0.717) is 6.04 Å². The Labute approximate surface area is 123 Å². The first-order valence-corrected chi connectivity index (χ1v) is 7.23. The molecule has 2 aromatic rings. The standard InChI is InChI=1S/C15H20BrN3/c1-10-7-12(5-6-14(10)16)15(17-3)9-13-8-11(2)18-19(13)4/h5-8,15,17H,9H2,1-4H3. The van der Waals surface area contributed by atoms with Crippen LogP contribution in [0.5, 0.6) is 0 Å². The predicted molar refractivity (Wildman–Crippen MR) is 82.3 cm³/mol. The Kier molecular flexibility index (Phi) is 4.42. The van der Waals surface area contributed by atoms with Crippen molar-refractivity contribution in [3.8, 4) is 0 Å². The van der Waals surface area contributed by atoms with Crippen molar-refractivity contribution >= 4 is 15.9 Å². The number of nitrogens with zero attached hydrogens (tertiary/aromatic N) is 2. The van der Waals surface area contributed by atoms with Crippen LogP contribution in [0.15, 0.2) is 28.7 Å². The van der Waals surface area contributed by atoms with Crippen LogP contribution in [0, 0.1) is 13.8 Å². The lowest BCUT2D eigenvalue weighted by Gasteiger charge is -2.17. The van der Waals surface area contributed by atoms with Crippen LogP contribution in [0.3, 0.4) is 0 Å². The smallest absolute Gasteiger partial charge is 0.0596 e. The Morgan fingerprint density at radius 1 is 1.32 bits per heavy atom. The minimum atomic E-state index is 0.307. The van der Waals surface area contributed by atoms with E-state index in [-0.39, 0.29) is 0 Å². The zero-order valence-electron chi connectivity index (χ0n) is 11.9. The Balaban J connectivity index is 2.24. The van der Waals surface area contributed by atoms with E-state index >= 15 is 0 Å². The van der Waals surface area contributed by atoms with Crippen LogP contribution in [0.25, 0.3) is 0 Å². The summed E-state index contributed by atoms with van der Waals surface area (Å²) in [5.74, 6) is 0. The van der Waals surface area contributed by atoms with E-state index in [1.165, 1.54) is 16.8 Å². The van der Waals surface area contributed by atoms with E-state index in [9.17, 15) is 0 Å². The summed E-state index contributed by atoms with van der Waals surface area (Å²) in [5.41, 5.74) is 4.89. The van der Waals surface area contributed by atoms with Gasteiger partial charge in [0.15, 0.2) is 0 Å². The van der Waals surface area contributed by atoms with Crippen molar-refractivity contribution in [2.75, 3.05) is 7.05 Å². The Morgan fingerprint density at radius 3 is 2.58 bits per heavy atom. The molecule has 102 valence electrons. The lowest BCUT2D eigenvalue weighted by Crippen LogP contribution is -2.20. The van der Waals surface area contributed by atoms with Gasteiger partial charge in [-0.05, 0) is 44.2 Å². The monoisotopic (exact) mass is 321 g/mol. The number of hydrogen-bond donors (Lipinski definition) is 1. The minimum absolute atomic E-state index is 0.307. The molecule has 0 amide bonds. The quantitative estimate of drug-likeness (QED) is 0.936. The van der Waals surface area contributed by atoms with Gasteiger partial charge in [0.05, 0.1) is 5.69 Å². The largest absolute Gasteiger partial charge is 0.313 e. The maximum Gasteiger partial charge on any atom is 0.0596 e. The molecule has 0 saturated heterocycles. The molecule has 3 nitrogen and oxygen atoms in total. The molecule has 1 heterocycles. The van der Waals surface area contributed by atoms with Gasteiger partial charge in [0.25, 0.3) is 0 Å². The third kappa shape index (κ3) is 3.25. The number of aromatic nitrogens is 2. The summed E-state index contributed by atoms with van der Waals surface area (Å²) in [6, 6.07) is 8.97. The van der Waals surface area contributed by atoms with Crippen LogP contribution in [0.2, 0.25) is 0 Å². The van der Waals surface area contributed by atoms with Crippen molar-refractivity contribution in [2.24, 2.45) is 7.05 Å². The molecule has 0 fully saturated rings. The van der Waals surface area contributed by atoms with Crippen LogP contribution in [0.4, 0.5) is 0 Å². The lowest BCUT2D eigenvalue weighted by molar-refractivity contribution is 0.561. The molecule has 4 heteroatoms.